The largest absolute Gasteiger partial charge is 0.294 e. The van der Waals surface area contributed by atoms with Gasteiger partial charge in [-0.1, -0.05) is 18.2 Å². The van der Waals surface area contributed by atoms with Crippen molar-refractivity contribution in [3.05, 3.63) is 58.6 Å². The van der Waals surface area contributed by atoms with Crippen LogP contribution in [0.25, 0.3) is 10.2 Å². The molecule has 1 aliphatic heterocycles. The summed E-state index contributed by atoms with van der Waals surface area (Å²) in [5.74, 6) is 0. The third kappa shape index (κ3) is 3.37. The lowest BCUT2D eigenvalue weighted by atomic mass is 10.1. The van der Waals surface area contributed by atoms with Gasteiger partial charge in [-0.05, 0) is 54.7 Å². The summed E-state index contributed by atoms with van der Waals surface area (Å²) >= 11 is 1.72. The fraction of sp³-hybridized carbons (Fsp3) is 0.381. The highest BCUT2D eigenvalue weighted by atomic mass is 32.2. The van der Waals surface area contributed by atoms with Crippen molar-refractivity contribution in [1.82, 2.24) is 14.2 Å². The Kier molecular flexibility index (Phi) is 4.71. The van der Waals surface area contributed by atoms with Gasteiger partial charge in [0.1, 0.15) is 5.01 Å². The molecule has 0 spiro atoms. The van der Waals surface area contributed by atoms with Crippen molar-refractivity contribution in [2.45, 2.75) is 30.7 Å². The zero-order valence-electron chi connectivity index (χ0n) is 15.7. The van der Waals surface area contributed by atoms with Gasteiger partial charge < -0.3 is 0 Å². The van der Waals surface area contributed by atoms with Crippen LogP contribution in [0.2, 0.25) is 0 Å². The van der Waals surface area contributed by atoms with Crippen molar-refractivity contribution in [3.63, 3.8) is 0 Å². The monoisotopic (exact) mass is 413 g/mol. The van der Waals surface area contributed by atoms with Gasteiger partial charge in [-0.25, -0.2) is 13.4 Å². The van der Waals surface area contributed by atoms with Gasteiger partial charge in [0.05, 0.1) is 21.7 Å². The normalized spacial score (nSPS) is 18.6. The molecule has 3 aromatic rings. The maximum Gasteiger partial charge on any atom is 0.243 e. The Morgan fingerprint density at radius 1 is 0.964 bits per heavy atom. The molecule has 0 radical (unpaired) electrons. The van der Waals surface area contributed by atoms with Crippen molar-refractivity contribution in [1.29, 1.82) is 0 Å². The number of hydrogen-bond donors (Lipinski definition) is 0. The number of aryl methyl sites for hydroxylation is 2. The van der Waals surface area contributed by atoms with Crippen molar-refractivity contribution < 1.29 is 8.42 Å². The van der Waals surface area contributed by atoms with Gasteiger partial charge in [-0.2, -0.15) is 4.31 Å². The van der Waals surface area contributed by atoms with Crippen LogP contribution in [0.3, 0.4) is 0 Å². The quantitative estimate of drug-likeness (QED) is 0.659. The van der Waals surface area contributed by atoms with Crippen molar-refractivity contribution in [2.75, 3.05) is 26.2 Å². The second-order valence-electron chi connectivity index (χ2n) is 7.54. The highest BCUT2D eigenvalue weighted by molar-refractivity contribution is 7.89. The highest BCUT2D eigenvalue weighted by Gasteiger charge is 2.29. The zero-order chi connectivity index (χ0) is 19.1. The SMILES string of the molecule is O=S(=O)(c1ccc2c(c1)CCC2)N1CCN(Cc2nc3ccccc3s2)CC1. The molecular formula is C21H23N3O2S2. The molecule has 0 amide bonds. The lowest BCUT2D eigenvalue weighted by molar-refractivity contribution is 0.181. The van der Waals surface area contributed by atoms with E-state index in [1.54, 1.807) is 21.7 Å². The summed E-state index contributed by atoms with van der Waals surface area (Å²) in [4.78, 5) is 7.45. The van der Waals surface area contributed by atoms with Crippen LogP contribution in [-0.4, -0.2) is 48.8 Å². The molecule has 2 aliphatic rings. The van der Waals surface area contributed by atoms with E-state index in [4.69, 9.17) is 4.98 Å². The van der Waals surface area contributed by atoms with E-state index in [-0.39, 0.29) is 0 Å². The molecule has 28 heavy (non-hydrogen) atoms. The van der Waals surface area contributed by atoms with Crippen LogP contribution in [0.15, 0.2) is 47.4 Å². The van der Waals surface area contributed by atoms with E-state index in [0.717, 1.165) is 49.4 Å². The Morgan fingerprint density at radius 2 is 1.75 bits per heavy atom. The standard InChI is InChI=1S/C21H23N3O2S2/c25-28(26,18-9-8-16-4-3-5-17(16)14-18)24-12-10-23(11-13-24)15-21-22-19-6-1-2-7-20(19)27-21/h1-2,6-9,14H,3-5,10-13,15H2. The first-order valence-electron chi connectivity index (χ1n) is 9.78. The van der Waals surface area contributed by atoms with Crippen LogP contribution >= 0.6 is 11.3 Å². The summed E-state index contributed by atoms with van der Waals surface area (Å²) in [6, 6.07) is 13.9. The fourth-order valence-corrected chi connectivity index (χ4v) is 6.65. The molecule has 2 aromatic carbocycles. The Morgan fingerprint density at radius 3 is 2.57 bits per heavy atom. The van der Waals surface area contributed by atoms with E-state index >= 15 is 0 Å². The molecule has 0 atom stereocenters. The average Bonchev–Trinajstić information content (AvgIpc) is 3.33. The third-order valence-electron chi connectivity index (χ3n) is 5.74. The van der Waals surface area contributed by atoms with E-state index in [0.29, 0.717) is 18.0 Å². The van der Waals surface area contributed by atoms with E-state index < -0.39 is 10.0 Å². The zero-order valence-corrected chi connectivity index (χ0v) is 17.3. The number of benzene rings is 2. The van der Waals surface area contributed by atoms with Gasteiger partial charge in [0.15, 0.2) is 0 Å². The number of thiazole rings is 1. The predicted molar refractivity (Wildman–Crippen MR) is 112 cm³/mol. The minimum Gasteiger partial charge on any atom is -0.294 e. The molecule has 2 heterocycles. The number of fused-ring (bicyclic) bond motifs is 2. The molecule has 1 aromatic heterocycles. The second kappa shape index (κ2) is 7.22. The number of hydrogen-bond acceptors (Lipinski definition) is 5. The third-order valence-corrected chi connectivity index (χ3v) is 8.65. The summed E-state index contributed by atoms with van der Waals surface area (Å²) in [5.41, 5.74) is 3.55. The van der Waals surface area contributed by atoms with Crippen molar-refractivity contribution in [3.8, 4) is 0 Å². The molecule has 0 N–H and O–H groups in total. The predicted octanol–water partition coefficient (Wildman–Crippen LogP) is 3.29. The van der Waals surface area contributed by atoms with Gasteiger partial charge in [-0.15, -0.1) is 11.3 Å². The summed E-state index contributed by atoms with van der Waals surface area (Å²) in [6.07, 6.45) is 3.19. The molecule has 7 heteroatoms. The molecular weight excluding hydrogens is 390 g/mol. The van der Waals surface area contributed by atoms with Crippen LogP contribution in [-0.2, 0) is 29.4 Å². The Bertz CT molecular complexity index is 1080. The number of para-hydroxylation sites is 1. The molecule has 146 valence electrons. The smallest absolute Gasteiger partial charge is 0.243 e. The molecule has 0 saturated carbocycles. The minimum absolute atomic E-state index is 0.452. The maximum absolute atomic E-state index is 13.1. The van der Waals surface area contributed by atoms with Gasteiger partial charge >= 0.3 is 0 Å². The lowest BCUT2D eigenvalue weighted by Crippen LogP contribution is -2.48. The Balaban J connectivity index is 1.26. The van der Waals surface area contributed by atoms with Crippen LogP contribution in [0, 0.1) is 0 Å². The summed E-state index contributed by atoms with van der Waals surface area (Å²) in [6.45, 7) is 3.32. The fourth-order valence-electron chi connectivity index (χ4n) is 4.16. The van der Waals surface area contributed by atoms with E-state index in [2.05, 4.69) is 11.0 Å². The number of aromatic nitrogens is 1. The summed E-state index contributed by atoms with van der Waals surface area (Å²) < 4.78 is 29.0. The first-order chi connectivity index (χ1) is 13.6. The van der Waals surface area contributed by atoms with E-state index in [1.807, 2.05) is 30.3 Å². The maximum atomic E-state index is 13.1. The molecule has 0 bridgehead atoms. The molecule has 0 unspecified atom stereocenters. The Labute approximate surface area is 169 Å². The molecule has 5 rings (SSSR count). The van der Waals surface area contributed by atoms with Gasteiger partial charge in [0.25, 0.3) is 0 Å². The molecule has 1 saturated heterocycles. The van der Waals surface area contributed by atoms with E-state index in [9.17, 15) is 8.42 Å². The topological polar surface area (TPSA) is 53.5 Å². The number of piperazine rings is 1. The van der Waals surface area contributed by atoms with Crippen LogP contribution in [0.5, 0.6) is 0 Å². The number of sulfonamides is 1. The Hall–Kier alpha value is -1.80. The highest BCUT2D eigenvalue weighted by Crippen LogP contribution is 2.27. The average molecular weight is 414 g/mol. The molecule has 1 fully saturated rings. The van der Waals surface area contributed by atoms with Crippen molar-refractivity contribution >= 4 is 31.6 Å². The molecule has 5 nitrogen and oxygen atoms in total. The van der Waals surface area contributed by atoms with Crippen LogP contribution in [0.4, 0.5) is 0 Å². The second-order valence-corrected chi connectivity index (χ2v) is 10.6. The van der Waals surface area contributed by atoms with Crippen molar-refractivity contribution in [2.24, 2.45) is 0 Å². The first kappa shape index (κ1) is 18.2. The van der Waals surface area contributed by atoms with Gasteiger partial charge in [-0.3, -0.25) is 4.90 Å². The number of rotatable bonds is 4. The molecule has 1 aliphatic carbocycles. The summed E-state index contributed by atoms with van der Waals surface area (Å²) in [7, 11) is -3.41. The minimum atomic E-state index is -3.41. The van der Waals surface area contributed by atoms with E-state index in [1.165, 1.54) is 15.8 Å². The van der Waals surface area contributed by atoms with Gasteiger partial charge in [0, 0.05) is 26.2 Å². The number of nitrogens with zero attached hydrogens (tertiary/aromatic N) is 3. The lowest BCUT2D eigenvalue weighted by Gasteiger charge is -2.33. The first-order valence-corrected chi connectivity index (χ1v) is 12.0. The summed E-state index contributed by atoms with van der Waals surface area (Å²) in [5, 5.41) is 1.09. The van der Waals surface area contributed by atoms with Crippen LogP contribution in [0.1, 0.15) is 22.6 Å². The van der Waals surface area contributed by atoms with Crippen LogP contribution < -0.4 is 0 Å². The van der Waals surface area contributed by atoms with Gasteiger partial charge in [0.2, 0.25) is 10.0 Å².